The third-order valence-electron chi connectivity index (χ3n) is 14.8. The molecule has 10 aromatic carbocycles. The fraction of sp³-hybridized carbons (Fsp3) is 0.0476. The van der Waals surface area contributed by atoms with E-state index < -0.39 is 0 Å². The summed E-state index contributed by atoms with van der Waals surface area (Å²) in [5.41, 5.74) is 22.3. The van der Waals surface area contributed by atoms with Gasteiger partial charge < -0.3 is 4.90 Å². The molecule has 3 aliphatic carbocycles. The van der Waals surface area contributed by atoms with E-state index in [1.807, 2.05) is 11.3 Å². The Kier molecular flexibility index (Phi) is 7.96. The Hall–Kier alpha value is -7.78. The van der Waals surface area contributed by atoms with Gasteiger partial charge in [-0.3, -0.25) is 0 Å². The fourth-order valence-electron chi connectivity index (χ4n) is 12.1. The van der Waals surface area contributed by atoms with E-state index in [1.165, 1.54) is 104 Å². The molecule has 14 rings (SSSR count). The van der Waals surface area contributed by atoms with Crippen molar-refractivity contribution in [1.82, 2.24) is 0 Å². The van der Waals surface area contributed by atoms with Crippen LogP contribution in [0.5, 0.6) is 0 Å². The fourth-order valence-corrected chi connectivity index (χ4v) is 13.3. The normalized spacial score (nSPS) is 17.3. The second-order valence-corrected chi connectivity index (χ2v) is 18.9. The lowest BCUT2D eigenvalue weighted by Gasteiger charge is -2.58. The average molecular weight is 844 g/mol. The number of hydrogen-bond acceptors (Lipinski definition) is 2. The molecule has 0 bridgehead atoms. The Morgan fingerprint density at radius 2 is 0.862 bits per heavy atom. The number of thiophene rings is 1. The smallest absolute Gasteiger partial charge is 0.0503 e. The maximum atomic E-state index is 2.54. The van der Waals surface area contributed by atoms with Gasteiger partial charge in [0.1, 0.15) is 0 Å². The van der Waals surface area contributed by atoms with Crippen LogP contribution < -0.4 is 4.90 Å². The van der Waals surface area contributed by atoms with Crippen LogP contribution in [0.2, 0.25) is 0 Å². The molecule has 0 fully saturated rings. The molecule has 0 N–H and O–H groups in total. The van der Waals surface area contributed by atoms with Crippen molar-refractivity contribution in [1.29, 1.82) is 0 Å². The van der Waals surface area contributed by atoms with Gasteiger partial charge in [-0.05, 0) is 120 Å². The highest BCUT2D eigenvalue weighted by Crippen LogP contribution is 2.79. The Bertz CT molecular complexity index is 3650. The van der Waals surface area contributed by atoms with E-state index in [0.717, 1.165) is 11.4 Å². The lowest BCUT2D eigenvalue weighted by atomic mass is 9.43. The van der Waals surface area contributed by atoms with Gasteiger partial charge in [-0.2, -0.15) is 0 Å². The van der Waals surface area contributed by atoms with Crippen LogP contribution in [0.25, 0.3) is 64.7 Å². The molecule has 0 amide bonds. The van der Waals surface area contributed by atoms with Gasteiger partial charge in [0.25, 0.3) is 0 Å². The molecule has 0 saturated heterocycles. The van der Waals surface area contributed by atoms with Gasteiger partial charge in [0.05, 0.1) is 5.69 Å². The van der Waals surface area contributed by atoms with Gasteiger partial charge in [0.2, 0.25) is 0 Å². The van der Waals surface area contributed by atoms with E-state index >= 15 is 0 Å². The largest absolute Gasteiger partial charge is 0.310 e. The first-order valence-corrected chi connectivity index (χ1v) is 23.5. The van der Waals surface area contributed by atoms with Crippen LogP contribution in [0.4, 0.5) is 17.1 Å². The van der Waals surface area contributed by atoms with Crippen molar-refractivity contribution in [3.8, 4) is 44.5 Å². The Morgan fingerprint density at radius 1 is 0.354 bits per heavy atom. The zero-order valence-electron chi connectivity index (χ0n) is 35.5. The van der Waals surface area contributed by atoms with Gasteiger partial charge in [-0.1, -0.05) is 194 Å². The van der Waals surface area contributed by atoms with Crippen molar-refractivity contribution < 1.29 is 0 Å². The summed E-state index contributed by atoms with van der Waals surface area (Å²) in [5.74, 6) is 0.518. The van der Waals surface area contributed by atoms with E-state index in [-0.39, 0.29) is 17.3 Å². The average Bonchev–Trinajstić information content (AvgIpc) is 3.86. The molecule has 1 spiro atoms. The van der Waals surface area contributed by atoms with Crippen molar-refractivity contribution >= 4 is 48.6 Å². The highest BCUT2D eigenvalue weighted by atomic mass is 32.1. The van der Waals surface area contributed by atoms with Gasteiger partial charge in [0, 0.05) is 48.8 Å². The minimum atomic E-state index is -0.0767. The van der Waals surface area contributed by atoms with Crippen molar-refractivity contribution in [3.63, 3.8) is 0 Å². The third kappa shape index (κ3) is 5.20. The van der Waals surface area contributed by atoms with Crippen LogP contribution >= 0.6 is 11.3 Å². The minimum absolute atomic E-state index is 0.0767. The molecule has 0 radical (unpaired) electrons. The quantitative estimate of drug-likeness (QED) is 0.154. The first kappa shape index (κ1) is 36.7. The Labute approximate surface area is 383 Å². The maximum Gasteiger partial charge on any atom is 0.0503 e. The highest BCUT2D eigenvalue weighted by molar-refractivity contribution is 7.26. The van der Waals surface area contributed by atoms with Crippen LogP contribution in [0.15, 0.2) is 237 Å². The zero-order chi connectivity index (χ0) is 42.6. The number of fused-ring (bicyclic) bond motifs is 10. The molecular weight excluding hydrogens is 803 g/mol. The van der Waals surface area contributed by atoms with Crippen LogP contribution in [-0.4, -0.2) is 0 Å². The second kappa shape index (κ2) is 14.1. The molecule has 1 aromatic heterocycles. The molecular formula is C63H41NS. The van der Waals surface area contributed by atoms with E-state index in [1.54, 1.807) is 0 Å². The van der Waals surface area contributed by atoms with Crippen LogP contribution in [0, 0.1) is 0 Å². The number of nitrogens with zero attached hydrogens (tertiary/aromatic N) is 1. The standard InChI is InChI=1S/C63H41NS/c1-4-15-40(16-5-1)42-27-32-46(33-28-42)64(47-34-29-44(30-35-47)49-23-14-24-50-53-39-45(41-17-6-2-7-18-41)31-38-57(53)65-62(49)50)56-37-36-48(43-19-8-3-9-20-43)58-59(56)61-52-22-11-13-26-55(52)63(61)54-25-12-10-21-51(54)60(58)63/h1-39,60-61H. The molecule has 0 aliphatic heterocycles. The number of rotatable bonds is 7. The molecule has 3 atom stereocenters. The van der Waals surface area contributed by atoms with E-state index in [4.69, 9.17) is 0 Å². The van der Waals surface area contributed by atoms with Crippen LogP contribution in [0.3, 0.4) is 0 Å². The molecule has 11 aromatic rings. The summed E-state index contributed by atoms with van der Waals surface area (Å²) in [5, 5.41) is 2.62. The SMILES string of the molecule is c1ccc(-c2ccc(N(c3ccc(-c4cccc5c4sc4ccc(-c6ccccc6)cc45)cc3)c3ccc(-c4ccccc4)c4c3C3c5ccccc5C35c3ccccc3C45)cc2)cc1. The topological polar surface area (TPSA) is 3.24 Å². The Morgan fingerprint density at radius 3 is 1.51 bits per heavy atom. The summed E-state index contributed by atoms with van der Waals surface area (Å²) < 4.78 is 2.64. The van der Waals surface area contributed by atoms with E-state index in [0.29, 0.717) is 0 Å². The summed E-state index contributed by atoms with van der Waals surface area (Å²) in [6.07, 6.45) is 0. The van der Waals surface area contributed by atoms with Crippen LogP contribution in [-0.2, 0) is 5.41 Å². The van der Waals surface area contributed by atoms with Crippen LogP contribution in [0.1, 0.15) is 45.2 Å². The predicted molar refractivity (Wildman–Crippen MR) is 273 cm³/mol. The number of benzene rings is 10. The lowest BCUT2D eigenvalue weighted by molar-refractivity contribution is 0.333. The van der Waals surface area contributed by atoms with Gasteiger partial charge >= 0.3 is 0 Å². The Balaban J connectivity index is 0.956. The molecule has 3 unspecified atom stereocenters. The summed E-state index contributed by atoms with van der Waals surface area (Å²) in [6, 6.07) is 88.2. The first-order valence-electron chi connectivity index (χ1n) is 22.7. The molecule has 1 nitrogen and oxygen atoms in total. The second-order valence-electron chi connectivity index (χ2n) is 17.9. The van der Waals surface area contributed by atoms with Crippen molar-refractivity contribution in [2.45, 2.75) is 17.3 Å². The maximum absolute atomic E-state index is 2.54. The summed E-state index contributed by atoms with van der Waals surface area (Å²) in [6.45, 7) is 0. The van der Waals surface area contributed by atoms with Gasteiger partial charge in [-0.15, -0.1) is 11.3 Å². The minimum Gasteiger partial charge on any atom is -0.310 e. The summed E-state index contributed by atoms with van der Waals surface area (Å²) >= 11 is 1.90. The molecule has 1 heterocycles. The summed E-state index contributed by atoms with van der Waals surface area (Å²) in [4.78, 5) is 2.54. The van der Waals surface area contributed by atoms with E-state index in [9.17, 15) is 0 Å². The number of anilines is 3. The predicted octanol–water partition coefficient (Wildman–Crippen LogP) is 17.1. The van der Waals surface area contributed by atoms with Gasteiger partial charge in [0.15, 0.2) is 0 Å². The molecule has 2 heteroatoms. The molecule has 3 aliphatic rings. The van der Waals surface area contributed by atoms with Crippen molar-refractivity contribution in [2.75, 3.05) is 4.90 Å². The lowest BCUT2D eigenvalue weighted by Crippen LogP contribution is -2.52. The van der Waals surface area contributed by atoms with Gasteiger partial charge in [-0.25, -0.2) is 0 Å². The van der Waals surface area contributed by atoms with E-state index in [2.05, 4.69) is 241 Å². The summed E-state index contributed by atoms with van der Waals surface area (Å²) in [7, 11) is 0. The zero-order valence-corrected chi connectivity index (χ0v) is 36.3. The molecule has 0 saturated carbocycles. The van der Waals surface area contributed by atoms with Crippen molar-refractivity contribution in [3.05, 3.63) is 270 Å². The third-order valence-corrected chi connectivity index (χ3v) is 16.0. The monoisotopic (exact) mass is 843 g/mol. The number of hydrogen-bond donors (Lipinski definition) is 0. The highest BCUT2D eigenvalue weighted by Gasteiger charge is 2.70. The molecule has 65 heavy (non-hydrogen) atoms. The molecule has 304 valence electrons. The first-order chi connectivity index (χ1) is 32.3. The van der Waals surface area contributed by atoms with Crippen molar-refractivity contribution in [2.24, 2.45) is 0 Å².